The predicted octanol–water partition coefficient (Wildman–Crippen LogP) is 2.08. The van der Waals surface area contributed by atoms with E-state index in [9.17, 15) is 4.79 Å². The minimum atomic E-state index is 0.0406. The molecule has 0 bridgehead atoms. The minimum Gasteiger partial charge on any atom is -0.369 e. The van der Waals surface area contributed by atoms with E-state index >= 15 is 0 Å². The van der Waals surface area contributed by atoms with E-state index < -0.39 is 0 Å². The number of amides is 1. The SMILES string of the molecule is CCCNC(=O)CCNc1nc(C)nc(Cl)c1C. The van der Waals surface area contributed by atoms with Crippen LogP contribution >= 0.6 is 11.6 Å². The highest BCUT2D eigenvalue weighted by Gasteiger charge is 2.07. The quantitative estimate of drug-likeness (QED) is 0.777. The largest absolute Gasteiger partial charge is 0.369 e. The van der Waals surface area contributed by atoms with Gasteiger partial charge in [-0.1, -0.05) is 18.5 Å². The molecule has 1 aromatic rings. The van der Waals surface area contributed by atoms with Crippen molar-refractivity contribution >= 4 is 23.3 Å². The number of hydrogen-bond donors (Lipinski definition) is 2. The molecule has 6 heteroatoms. The first kappa shape index (κ1) is 14.7. The minimum absolute atomic E-state index is 0.0406. The summed E-state index contributed by atoms with van der Waals surface area (Å²) in [6, 6.07) is 0. The lowest BCUT2D eigenvalue weighted by Crippen LogP contribution is -2.26. The molecule has 0 aromatic carbocycles. The maximum Gasteiger partial charge on any atom is 0.221 e. The third-order valence-electron chi connectivity index (χ3n) is 2.41. The van der Waals surface area contributed by atoms with Crippen LogP contribution in [0.4, 0.5) is 5.82 Å². The van der Waals surface area contributed by atoms with Gasteiger partial charge in [0, 0.05) is 25.1 Å². The summed E-state index contributed by atoms with van der Waals surface area (Å²) in [5.74, 6) is 1.35. The van der Waals surface area contributed by atoms with Crippen LogP contribution in [0.3, 0.4) is 0 Å². The van der Waals surface area contributed by atoms with Crippen LogP contribution in [0.15, 0.2) is 0 Å². The summed E-state index contributed by atoms with van der Waals surface area (Å²) in [6.07, 6.45) is 1.36. The number of halogens is 1. The maximum atomic E-state index is 11.4. The number of nitrogens with one attached hydrogen (secondary N) is 2. The number of carbonyl (C=O) groups excluding carboxylic acids is 1. The van der Waals surface area contributed by atoms with Gasteiger partial charge in [-0.15, -0.1) is 0 Å². The summed E-state index contributed by atoms with van der Waals surface area (Å²) in [6.45, 7) is 6.90. The molecule has 1 heterocycles. The van der Waals surface area contributed by atoms with Crippen molar-refractivity contribution in [1.29, 1.82) is 0 Å². The third kappa shape index (κ3) is 4.49. The third-order valence-corrected chi connectivity index (χ3v) is 2.78. The fraction of sp³-hybridized carbons (Fsp3) is 0.583. The summed E-state index contributed by atoms with van der Waals surface area (Å²) in [5.41, 5.74) is 0.802. The topological polar surface area (TPSA) is 66.9 Å². The second-order valence-electron chi connectivity index (χ2n) is 4.06. The summed E-state index contributed by atoms with van der Waals surface area (Å²) >= 11 is 5.96. The van der Waals surface area contributed by atoms with Gasteiger partial charge in [0.2, 0.25) is 5.91 Å². The first-order valence-corrected chi connectivity index (χ1v) is 6.43. The highest BCUT2D eigenvalue weighted by molar-refractivity contribution is 6.30. The van der Waals surface area contributed by atoms with Crippen LogP contribution in [-0.4, -0.2) is 29.0 Å². The molecule has 5 nitrogen and oxygen atoms in total. The molecule has 0 saturated heterocycles. The Balaban J connectivity index is 2.46. The molecule has 18 heavy (non-hydrogen) atoms. The number of hydrogen-bond acceptors (Lipinski definition) is 4. The highest BCUT2D eigenvalue weighted by atomic mass is 35.5. The monoisotopic (exact) mass is 270 g/mol. The van der Waals surface area contributed by atoms with Gasteiger partial charge >= 0.3 is 0 Å². The van der Waals surface area contributed by atoms with Crippen molar-refractivity contribution in [2.24, 2.45) is 0 Å². The van der Waals surface area contributed by atoms with Gasteiger partial charge in [0.05, 0.1) is 0 Å². The lowest BCUT2D eigenvalue weighted by molar-refractivity contribution is -0.120. The molecule has 0 aliphatic carbocycles. The van der Waals surface area contributed by atoms with E-state index in [0.717, 1.165) is 18.5 Å². The Morgan fingerprint density at radius 2 is 2.00 bits per heavy atom. The van der Waals surface area contributed by atoms with E-state index in [1.54, 1.807) is 6.92 Å². The summed E-state index contributed by atoms with van der Waals surface area (Å²) in [4.78, 5) is 19.7. The van der Waals surface area contributed by atoms with Crippen molar-refractivity contribution in [1.82, 2.24) is 15.3 Å². The van der Waals surface area contributed by atoms with Gasteiger partial charge in [0.25, 0.3) is 0 Å². The number of aromatic nitrogens is 2. The van der Waals surface area contributed by atoms with Crippen LogP contribution in [0.1, 0.15) is 31.2 Å². The Bertz CT molecular complexity index is 423. The standard InChI is InChI=1S/C12H19ClN4O/c1-4-6-14-10(18)5-7-15-12-8(2)11(13)16-9(3)17-12/h4-7H2,1-3H3,(H,14,18)(H,15,16,17). The summed E-state index contributed by atoms with van der Waals surface area (Å²) in [5, 5.41) is 6.37. The molecule has 0 fully saturated rings. The smallest absolute Gasteiger partial charge is 0.221 e. The molecule has 1 rings (SSSR count). The molecule has 0 aliphatic heterocycles. The number of anilines is 1. The first-order valence-electron chi connectivity index (χ1n) is 6.06. The molecule has 0 radical (unpaired) electrons. The molecule has 0 saturated carbocycles. The Labute approximate surface area is 112 Å². The molecule has 1 aromatic heterocycles. The van der Waals surface area contributed by atoms with Crippen LogP contribution in [-0.2, 0) is 4.79 Å². The molecule has 0 atom stereocenters. The fourth-order valence-corrected chi connectivity index (χ4v) is 1.63. The van der Waals surface area contributed by atoms with Gasteiger partial charge in [0.1, 0.15) is 16.8 Å². The highest BCUT2D eigenvalue weighted by Crippen LogP contribution is 2.19. The van der Waals surface area contributed by atoms with Crippen LogP contribution in [0.25, 0.3) is 0 Å². The Hall–Kier alpha value is -1.36. The van der Waals surface area contributed by atoms with E-state index in [2.05, 4.69) is 20.6 Å². The maximum absolute atomic E-state index is 11.4. The number of aryl methyl sites for hydroxylation is 1. The molecule has 0 spiro atoms. The normalized spacial score (nSPS) is 10.2. The summed E-state index contributed by atoms with van der Waals surface area (Å²) in [7, 11) is 0. The van der Waals surface area contributed by atoms with Gasteiger partial charge in [-0.25, -0.2) is 9.97 Å². The molecular weight excluding hydrogens is 252 g/mol. The number of carbonyl (C=O) groups is 1. The Kier molecular flexibility index (Phi) is 5.85. The zero-order chi connectivity index (χ0) is 13.5. The number of rotatable bonds is 6. The van der Waals surface area contributed by atoms with Gasteiger partial charge in [0.15, 0.2) is 0 Å². The van der Waals surface area contributed by atoms with Crippen molar-refractivity contribution in [2.45, 2.75) is 33.6 Å². The lowest BCUT2D eigenvalue weighted by Gasteiger charge is -2.10. The van der Waals surface area contributed by atoms with Crippen LogP contribution in [0.2, 0.25) is 5.15 Å². The molecule has 100 valence electrons. The summed E-state index contributed by atoms with van der Waals surface area (Å²) < 4.78 is 0. The van der Waals surface area contributed by atoms with E-state index in [4.69, 9.17) is 11.6 Å². The van der Waals surface area contributed by atoms with E-state index in [0.29, 0.717) is 29.8 Å². The Morgan fingerprint density at radius 1 is 1.28 bits per heavy atom. The predicted molar refractivity (Wildman–Crippen MR) is 72.9 cm³/mol. The van der Waals surface area contributed by atoms with Crippen molar-refractivity contribution < 1.29 is 4.79 Å². The van der Waals surface area contributed by atoms with Crippen molar-refractivity contribution in [2.75, 3.05) is 18.4 Å². The zero-order valence-electron chi connectivity index (χ0n) is 11.0. The van der Waals surface area contributed by atoms with Gasteiger partial charge in [-0.05, 0) is 20.3 Å². The molecule has 0 aliphatic rings. The van der Waals surface area contributed by atoms with Gasteiger partial charge in [-0.2, -0.15) is 0 Å². The molecular formula is C12H19ClN4O. The van der Waals surface area contributed by atoms with Crippen LogP contribution < -0.4 is 10.6 Å². The number of nitrogens with zero attached hydrogens (tertiary/aromatic N) is 2. The van der Waals surface area contributed by atoms with Gasteiger partial charge in [-0.3, -0.25) is 4.79 Å². The molecule has 0 unspecified atom stereocenters. The van der Waals surface area contributed by atoms with Crippen molar-refractivity contribution in [3.63, 3.8) is 0 Å². The lowest BCUT2D eigenvalue weighted by atomic mass is 10.3. The van der Waals surface area contributed by atoms with E-state index in [1.165, 1.54) is 0 Å². The van der Waals surface area contributed by atoms with Crippen molar-refractivity contribution in [3.8, 4) is 0 Å². The van der Waals surface area contributed by atoms with Crippen LogP contribution in [0.5, 0.6) is 0 Å². The average Bonchev–Trinajstić information content (AvgIpc) is 2.32. The first-order chi connectivity index (χ1) is 8.54. The van der Waals surface area contributed by atoms with Gasteiger partial charge < -0.3 is 10.6 Å². The average molecular weight is 271 g/mol. The Morgan fingerprint density at radius 3 is 2.67 bits per heavy atom. The van der Waals surface area contributed by atoms with E-state index in [-0.39, 0.29) is 5.91 Å². The van der Waals surface area contributed by atoms with Crippen LogP contribution in [0, 0.1) is 13.8 Å². The molecule has 1 amide bonds. The zero-order valence-corrected chi connectivity index (χ0v) is 11.8. The second-order valence-corrected chi connectivity index (χ2v) is 4.42. The fourth-order valence-electron chi connectivity index (χ4n) is 1.41. The van der Waals surface area contributed by atoms with Crippen molar-refractivity contribution in [3.05, 3.63) is 16.5 Å². The van der Waals surface area contributed by atoms with E-state index in [1.807, 2.05) is 13.8 Å². The second kappa shape index (κ2) is 7.16. The molecule has 2 N–H and O–H groups in total.